The van der Waals surface area contributed by atoms with E-state index < -0.39 is 5.54 Å². The van der Waals surface area contributed by atoms with Crippen LogP contribution in [-0.4, -0.2) is 38.4 Å². The summed E-state index contributed by atoms with van der Waals surface area (Å²) in [4.78, 5) is 12.2. The first-order chi connectivity index (χ1) is 10.1. The Hall–Kier alpha value is -0.610. The van der Waals surface area contributed by atoms with Gasteiger partial charge in [0.25, 0.3) is 0 Å². The molecule has 2 aliphatic carbocycles. The van der Waals surface area contributed by atoms with Crippen LogP contribution in [-0.2, 0) is 14.3 Å². The van der Waals surface area contributed by atoms with E-state index in [9.17, 15) is 4.79 Å². The molecule has 0 spiro atoms. The number of ether oxygens (including phenoxy) is 2. The molecule has 0 aromatic rings. The fourth-order valence-electron chi connectivity index (χ4n) is 4.12. The number of nitrogens with one attached hydrogen (secondary N) is 1. The van der Waals surface area contributed by atoms with E-state index in [4.69, 9.17) is 9.47 Å². The maximum Gasteiger partial charge on any atom is 0.326 e. The van der Waals surface area contributed by atoms with Crippen LogP contribution in [0.5, 0.6) is 0 Å². The van der Waals surface area contributed by atoms with E-state index in [0.29, 0.717) is 12.0 Å². The number of hydrogen-bond acceptors (Lipinski definition) is 4. The third kappa shape index (κ3) is 3.78. The molecule has 2 atom stereocenters. The molecular formula is C17H31NO3. The lowest BCUT2D eigenvalue weighted by Crippen LogP contribution is -2.54. The molecule has 1 N–H and O–H groups in total. The van der Waals surface area contributed by atoms with Crippen molar-refractivity contribution in [2.24, 2.45) is 11.8 Å². The molecule has 122 valence electrons. The van der Waals surface area contributed by atoms with Crippen LogP contribution in [0.2, 0.25) is 0 Å². The van der Waals surface area contributed by atoms with Gasteiger partial charge in [0.15, 0.2) is 0 Å². The third-order valence-electron chi connectivity index (χ3n) is 5.60. The van der Waals surface area contributed by atoms with Gasteiger partial charge in [0.2, 0.25) is 0 Å². The molecule has 2 rings (SSSR count). The van der Waals surface area contributed by atoms with E-state index in [1.807, 2.05) is 7.05 Å². The van der Waals surface area contributed by atoms with Gasteiger partial charge in [-0.05, 0) is 63.8 Å². The summed E-state index contributed by atoms with van der Waals surface area (Å²) in [7, 11) is 3.36. The predicted molar refractivity (Wildman–Crippen MR) is 83.1 cm³/mol. The van der Waals surface area contributed by atoms with Crippen LogP contribution in [0.1, 0.15) is 58.3 Å². The molecule has 0 saturated heterocycles. The minimum Gasteiger partial charge on any atom is -0.468 e. The fourth-order valence-corrected chi connectivity index (χ4v) is 4.12. The Bertz CT molecular complexity index is 339. The van der Waals surface area contributed by atoms with E-state index in [1.165, 1.54) is 32.8 Å². The van der Waals surface area contributed by atoms with Crippen molar-refractivity contribution in [1.82, 2.24) is 5.32 Å². The van der Waals surface area contributed by atoms with Crippen LogP contribution >= 0.6 is 0 Å². The largest absolute Gasteiger partial charge is 0.468 e. The maximum absolute atomic E-state index is 12.2. The Balaban J connectivity index is 1.80. The molecule has 0 radical (unpaired) electrons. The van der Waals surface area contributed by atoms with Crippen molar-refractivity contribution >= 4 is 5.97 Å². The van der Waals surface area contributed by atoms with Crippen LogP contribution in [0, 0.1) is 11.8 Å². The predicted octanol–water partition coefficient (Wildman–Crippen LogP) is 2.90. The van der Waals surface area contributed by atoms with Gasteiger partial charge in [0.1, 0.15) is 5.54 Å². The second kappa shape index (κ2) is 7.59. The Morgan fingerprint density at radius 3 is 2.57 bits per heavy atom. The number of carbonyl (C=O) groups excluding carboxylic acids is 1. The molecular weight excluding hydrogens is 266 g/mol. The lowest BCUT2D eigenvalue weighted by atomic mass is 9.84. The first-order valence-corrected chi connectivity index (χ1v) is 8.51. The molecule has 4 nitrogen and oxygen atoms in total. The highest BCUT2D eigenvalue weighted by Gasteiger charge is 2.48. The van der Waals surface area contributed by atoms with Gasteiger partial charge in [-0.25, -0.2) is 0 Å². The molecule has 0 aliphatic heterocycles. The van der Waals surface area contributed by atoms with E-state index in [1.54, 1.807) is 0 Å². The summed E-state index contributed by atoms with van der Waals surface area (Å²) >= 11 is 0. The second-order valence-corrected chi connectivity index (χ2v) is 6.84. The highest BCUT2D eigenvalue weighted by atomic mass is 16.5. The van der Waals surface area contributed by atoms with Crippen LogP contribution in [0.25, 0.3) is 0 Å². The van der Waals surface area contributed by atoms with Crippen molar-refractivity contribution in [3.05, 3.63) is 0 Å². The molecule has 0 aromatic carbocycles. The lowest BCUT2D eigenvalue weighted by Gasteiger charge is -2.33. The fraction of sp³-hybridized carbons (Fsp3) is 0.941. The number of esters is 1. The van der Waals surface area contributed by atoms with E-state index in [0.717, 1.165) is 38.2 Å². The van der Waals surface area contributed by atoms with Gasteiger partial charge < -0.3 is 14.8 Å². The number of hydrogen-bond donors (Lipinski definition) is 1. The van der Waals surface area contributed by atoms with Gasteiger partial charge >= 0.3 is 5.97 Å². The van der Waals surface area contributed by atoms with Crippen molar-refractivity contribution in [1.29, 1.82) is 0 Å². The van der Waals surface area contributed by atoms with Gasteiger partial charge in [-0.3, -0.25) is 4.79 Å². The topological polar surface area (TPSA) is 47.6 Å². The standard InChI is InChI=1S/C17H31NO3/c1-13-6-8-15(9-7-13)21-12-10-14-5-4-11-17(14,18-2)16(19)20-3/h13-15,18H,4-12H2,1-3H3. The summed E-state index contributed by atoms with van der Waals surface area (Å²) in [6.07, 6.45) is 9.39. The van der Waals surface area contributed by atoms with Crippen LogP contribution in [0.3, 0.4) is 0 Å². The Morgan fingerprint density at radius 2 is 1.95 bits per heavy atom. The highest BCUT2D eigenvalue weighted by molar-refractivity contribution is 5.81. The summed E-state index contributed by atoms with van der Waals surface area (Å²) in [5, 5.41) is 3.24. The molecule has 4 heteroatoms. The maximum atomic E-state index is 12.2. The number of rotatable bonds is 6. The van der Waals surface area contributed by atoms with Crippen LogP contribution in [0.15, 0.2) is 0 Å². The molecule has 2 saturated carbocycles. The molecule has 2 aliphatic rings. The molecule has 0 heterocycles. The van der Waals surface area contributed by atoms with Crippen molar-refractivity contribution in [3.63, 3.8) is 0 Å². The van der Waals surface area contributed by atoms with Crippen molar-refractivity contribution in [3.8, 4) is 0 Å². The van der Waals surface area contributed by atoms with E-state index in [2.05, 4.69) is 12.2 Å². The SMILES string of the molecule is CNC1(C(=O)OC)CCCC1CCOC1CCC(C)CC1. The molecule has 0 aromatic heterocycles. The minimum absolute atomic E-state index is 0.112. The van der Waals surface area contributed by atoms with Gasteiger partial charge in [0, 0.05) is 6.61 Å². The molecule has 0 amide bonds. The number of likely N-dealkylation sites (N-methyl/N-ethyl adjacent to an activating group) is 1. The quantitative estimate of drug-likeness (QED) is 0.766. The Labute approximate surface area is 129 Å². The highest BCUT2D eigenvalue weighted by Crippen LogP contribution is 2.39. The molecule has 2 unspecified atom stereocenters. The monoisotopic (exact) mass is 297 g/mol. The first-order valence-electron chi connectivity index (χ1n) is 8.51. The zero-order valence-electron chi connectivity index (χ0n) is 13.8. The average Bonchev–Trinajstić information content (AvgIpc) is 2.92. The minimum atomic E-state index is -0.487. The molecule has 21 heavy (non-hydrogen) atoms. The summed E-state index contributed by atoms with van der Waals surface area (Å²) in [6, 6.07) is 0. The van der Waals surface area contributed by atoms with Crippen LogP contribution in [0.4, 0.5) is 0 Å². The van der Waals surface area contributed by atoms with Gasteiger partial charge in [-0.2, -0.15) is 0 Å². The summed E-state index contributed by atoms with van der Waals surface area (Å²) in [5.41, 5.74) is -0.487. The molecule has 2 fully saturated rings. The Kier molecular flexibility index (Phi) is 6.06. The summed E-state index contributed by atoms with van der Waals surface area (Å²) < 4.78 is 11.1. The normalized spacial score (nSPS) is 36.6. The molecule has 0 bridgehead atoms. The lowest BCUT2D eigenvalue weighted by molar-refractivity contribution is -0.150. The zero-order valence-corrected chi connectivity index (χ0v) is 13.8. The first kappa shape index (κ1) is 16.8. The van der Waals surface area contributed by atoms with Gasteiger partial charge in [0.05, 0.1) is 13.2 Å². The summed E-state index contributed by atoms with van der Waals surface area (Å²) in [5.74, 6) is 1.08. The number of carbonyl (C=O) groups is 1. The second-order valence-electron chi connectivity index (χ2n) is 6.84. The van der Waals surface area contributed by atoms with Crippen LogP contribution < -0.4 is 5.32 Å². The van der Waals surface area contributed by atoms with E-state index >= 15 is 0 Å². The third-order valence-corrected chi connectivity index (χ3v) is 5.60. The van der Waals surface area contributed by atoms with E-state index in [-0.39, 0.29) is 5.97 Å². The Morgan fingerprint density at radius 1 is 1.24 bits per heavy atom. The average molecular weight is 297 g/mol. The number of methoxy groups -OCH3 is 1. The van der Waals surface area contributed by atoms with Gasteiger partial charge in [-0.15, -0.1) is 0 Å². The van der Waals surface area contributed by atoms with Crippen molar-refractivity contribution < 1.29 is 14.3 Å². The van der Waals surface area contributed by atoms with Gasteiger partial charge in [-0.1, -0.05) is 13.3 Å². The summed E-state index contributed by atoms with van der Waals surface area (Å²) in [6.45, 7) is 3.09. The zero-order chi connectivity index (χ0) is 15.3. The van der Waals surface area contributed by atoms with Crippen molar-refractivity contribution in [2.75, 3.05) is 20.8 Å². The van der Waals surface area contributed by atoms with Crippen molar-refractivity contribution in [2.45, 2.75) is 69.9 Å². The smallest absolute Gasteiger partial charge is 0.326 e.